The van der Waals surface area contributed by atoms with Crippen molar-refractivity contribution in [1.29, 1.82) is 0 Å². The standard InChI is InChI=1S/C24H22N2O2/c1-2-24(21-11-7-4-8-12-21)22(27)26(23(28)25-24)17-18-13-15-20(16-14-18)19-9-5-3-6-10-19/h3-16H,2,17H2,1H3,(H,25,28)/t24-/m0/s1. The lowest BCUT2D eigenvalue weighted by atomic mass is 9.87. The van der Waals surface area contributed by atoms with Gasteiger partial charge in [0, 0.05) is 0 Å². The Kier molecular flexibility index (Phi) is 4.70. The summed E-state index contributed by atoms with van der Waals surface area (Å²) < 4.78 is 0. The Labute approximate surface area is 164 Å². The summed E-state index contributed by atoms with van der Waals surface area (Å²) >= 11 is 0. The van der Waals surface area contributed by atoms with Crippen LogP contribution in [0.2, 0.25) is 0 Å². The van der Waals surface area contributed by atoms with Crippen LogP contribution in [0.5, 0.6) is 0 Å². The van der Waals surface area contributed by atoms with Crippen LogP contribution >= 0.6 is 0 Å². The van der Waals surface area contributed by atoms with Gasteiger partial charge in [0.05, 0.1) is 6.54 Å². The molecule has 1 aliphatic heterocycles. The predicted octanol–water partition coefficient (Wildman–Crippen LogP) is 4.71. The van der Waals surface area contributed by atoms with Crippen LogP contribution in [0, 0.1) is 0 Å². The zero-order valence-corrected chi connectivity index (χ0v) is 15.8. The average Bonchev–Trinajstić information content (AvgIpc) is 3.00. The molecule has 4 rings (SSSR count). The van der Waals surface area contributed by atoms with Crippen LogP contribution in [0.1, 0.15) is 24.5 Å². The molecule has 1 saturated heterocycles. The van der Waals surface area contributed by atoms with E-state index in [4.69, 9.17) is 0 Å². The first-order valence-electron chi connectivity index (χ1n) is 9.48. The monoisotopic (exact) mass is 370 g/mol. The van der Waals surface area contributed by atoms with E-state index >= 15 is 0 Å². The third-order valence-corrected chi connectivity index (χ3v) is 5.37. The summed E-state index contributed by atoms with van der Waals surface area (Å²) in [6, 6.07) is 27.2. The maximum absolute atomic E-state index is 13.2. The van der Waals surface area contributed by atoms with Crippen LogP contribution in [-0.4, -0.2) is 16.8 Å². The van der Waals surface area contributed by atoms with E-state index in [-0.39, 0.29) is 18.5 Å². The van der Waals surface area contributed by atoms with Gasteiger partial charge in [-0.05, 0) is 28.7 Å². The Bertz CT molecular complexity index is 984. The Hall–Kier alpha value is -3.40. The summed E-state index contributed by atoms with van der Waals surface area (Å²) in [5.74, 6) is -0.196. The number of benzene rings is 3. The molecule has 1 heterocycles. The van der Waals surface area contributed by atoms with E-state index < -0.39 is 5.54 Å². The zero-order chi connectivity index (χ0) is 19.6. The third-order valence-electron chi connectivity index (χ3n) is 5.37. The van der Waals surface area contributed by atoms with Gasteiger partial charge in [0.1, 0.15) is 5.54 Å². The smallest absolute Gasteiger partial charge is 0.319 e. The minimum Gasteiger partial charge on any atom is -0.319 e. The second kappa shape index (κ2) is 7.31. The molecule has 1 atom stereocenters. The number of urea groups is 1. The number of carbonyl (C=O) groups excluding carboxylic acids is 2. The van der Waals surface area contributed by atoms with Crippen molar-refractivity contribution in [2.75, 3.05) is 0 Å². The number of hydrogen-bond acceptors (Lipinski definition) is 2. The molecule has 140 valence electrons. The van der Waals surface area contributed by atoms with Gasteiger partial charge in [0.25, 0.3) is 5.91 Å². The summed E-state index contributed by atoms with van der Waals surface area (Å²) in [4.78, 5) is 27.1. The summed E-state index contributed by atoms with van der Waals surface area (Å²) in [6.07, 6.45) is 0.505. The SMILES string of the molecule is CC[C@@]1(c2ccccc2)NC(=O)N(Cc2ccc(-c3ccccc3)cc2)C1=O. The summed E-state index contributed by atoms with van der Waals surface area (Å²) in [7, 11) is 0. The normalized spacial score (nSPS) is 19.0. The van der Waals surface area contributed by atoms with Crippen molar-refractivity contribution in [2.45, 2.75) is 25.4 Å². The van der Waals surface area contributed by atoms with Gasteiger partial charge >= 0.3 is 6.03 Å². The molecule has 1 fully saturated rings. The van der Waals surface area contributed by atoms with Crippen LogP contribution in [0.25, 0.3) is 11.1 Å². The highest BCUT2D eigenvalue weighted by molar-refractivity contribution is 6.07. The molecule has 0 unspecified atom stereocenters. The minimum atomic E-state index is -0.984. The summed E-state index contributed by atoms with van der Waals surface area (Å²) in [5, 5.41) is 2.93. The van der Waals surface area contributed by atoms with Gasteiger partial charge in [-0.1, -0.05) is 91.9 Å². The molecule has 0 spiro atoms. The fourth-order valence-electron chi connectivity index (χ4n) is 3.75. The van der Waals surface area contributed by atoms with E-state index in [2.05, 4.69) is 17.4 Å². The van der Waals surface area contributed by atoms with Gasteiger partial charge in [0.2, 0.25) is 0 Å². The van der Waals surface area contributed by atoms with Crippen molar-refractivity contribution in [3.8, 4) is 11.1 Å². The van der Waals surface area contributed by atoms with E-state index in [0.717, 1.165) is 22.3 Å². The second-order valence-electron chi connectivity index (χ2n) is 7.01. The lowest BCUT2D eigenvalue weighted by Crippen LogP contribution is -2.43. The highest BCUT2D eigenvalue weighted by Crippen LogP contribution is 2.33. The van der Waals surface area contributed by atoms with Crippen LogP contribution in [0.4, 0.5) is 4.79 Å². The number of nitrogens with zero attached hydrogens (tertiary/aromatic N) is 1. The maximum atomic E-state index is 13.2. The van der Waals surface area contributed by atoms with Crippen molar-refractivity contribution in [1.82, 2.24) is 10.2 Å². The van der Waals surface area contributed by atoms with Crippen LogP contribution in [0.15, 0.2) is 84.9 Å². The minimum absolute atomic E-state index is 0.196. The first-order chi connectivity index (χ1) is 13.6. The molecular weight excluding hydrogens is 348 g/mol. The van der Waals surface area contributed by atoms with Gasteiger partial charge in [-0.25, -0.2) is 4.79 Å². The maximum Gasteiger partial charge on any atom is 0.325 e. The highest BCUT2D eigenvalue weighted by atomic mass is 16.2. The molecule has 28 heavy (non-hydrogen) atoms. The van der Waals surface area contributed by atoms with Crippen molar-refractivity contribution >= 4 is 11.9 Å². The molecule has 0 saturated carbocycles. The largest absolute Gasteiger partial charge is 0.325 e. The molecule has 4 nitrogen and oxygen atoms in total. The lowest BCUT2D eigenvalue weighted by molar-refractivity contribution is -0.132. The van der Waals surface area contributed by atoms with Gasteiger partial charge in [-0.2, -0.15) is 0 Å². The number of nitrogens with one attached hydrogen (secondary N) is 1. The second-order valence-corrected chi connectivity index (χ2v) is 7.01. The molecule has 3 amide bonds. The lowest BCUT2D eigenvalue weighted by Gasteiger charge is -2.25. The number of rotatable bonds is 5. The Morgan fingerprint density at radius 2 is 1.36 bits per heavy atom. The number of carbonyl (C=O) groups is 2. The summed E-state index contributed by atoms with van der Waals surface area (Å²) in [5.41, 5.74) is 3.00. The van der Waals surface area contributed by atoms with Crippen molar-refractivity contribution < 1.29 is 9.59 Å². The Morgan fingerprint density at radius 1 is 0.786 bits per heavy atom. The van der Waals surface area contributed by atoms with Crippen LogP contribution in [-0.2, 0) is 16.9 Å². The van der Waals surface area contributed by atoms with E-state index in [1.807, 2.05) is 79.7 Å². The van der Waals surface area contributed by atoms with E-state index in [1.54, 1.807) is 0 Å². The molecule has 0 radical (unpaired) electrons. The molecule has 3 aromatic rings. The number of hydrogen-bond donors (Lipinski definition) is 1. The zero-order valence-electron chi connectivity index (χ0n) is 15.8. The molecular formula is C24H22N2O2. The first-order valence-corrected chi connectivity index (χ1v) is 9.48. The molecule has 3 aromatic carbocycles. The van der Waals surface area contributed by atoms with Crippen molar-refractivity contribution in [2.24, 2.45) is 0 Å². The molecule has 4 heteroatoms. The third kappa shape index (κ3) is 3.07. The van der Waals surface area contributed by atoms with Crippen molar-refractivity contribution in [3.05, 3.63) is 96.1 Å². The van der Waals surface area contributed by atoms with Gasteiger partial charge in [0.15, 0.2) is 0 Å². The number of amides is 3. The van der Waals surface area contributed by atoms with E-state index in [0.29, 0.717) is 6.42 Å². The van der Waals surface area contributed by atoms with Crippen molar-refractivity contribution in [3.63, 3.8) is 0 Å². The quantitative estimate of drug-likeness (QED) is 0.661. The molecule has 0 aromatic heterocycles. The summed E-state index contributed by atoms with van der Waals surface area (Å²) in [6.45, 7) is 2.18. The highest BCUT2D eigenvalue weighted by Gasteiger charge is 2.50. The van der Waals surface area contributed by atoms with Gasteiger partial charge in [-0.3, -0.25) is 9.69 Å². The van der Waals surface area contributed by atoms with E-state index in [9.17, 15) is 9.59 Å². The predicted molar refractivity (Wildman–Crippen MR) is 109 cm³/mol. The molecule has 0 aliphatic carbocycles. The molecule has 1 N–H and O–H groups in total. The van der Waals surface area contributed by atoms with Gasteiger partial charge in [-0.15, -0.1) is 0 Å². The van der Waals surface area contributed by atoms with E-state index in [1.165, 1.54) is 4.90 Å². The first kappa shape index (κ1) is 18.0. The fourth-order valence-corrected chi connectivity index (χ4v) is 3.75. The molecule has 1 aliphatic rings. The van der Waals surface area contributed by atoms with Crippen LogP contribution in [0.3, 0.4) is 0 Å². The van der Waals surface area contributed by atoms with Crippen LogP contribution < -0.4 is 5.32 Å². The van der Waals surface area contributed by atoms with Gasteiger partial charge < -0.3 is 5.32 Å². The Morgan fingerprint density at radius 3 is 1.96 bits per heavy atom. The topological polar surface area (TPSA) is 49.4 Å². The Balaban J connectivity index is 1.57. The fraction of sp³-hybridized carbons (Fsp3) is 0.167. The average molecular weight is 370 g/mol. The number of imide groups is 1. The molecule has 0 bridgehead atoms.